The van der Waals surface area contributed by atoms with E-state index < -0.39 is 0 Å². The highest BCUT2D eigenvalue weighted by Crippen LogP contribution is 2.13. The van der Waals surface area contributed by atoms with E-state index in [0.717, 1.165) is 24.1 Å². The van der Waals surface area contributed by atoms with Gasteiger partial charge in [0.1, 0.15) is 0 Å². The molecule has 0 bridgehead atoms. The number of benzene rings is 1. The fourth-order valence-electron chi connectivity index (χ4n) is 1.98. The van der Waals surface area contributed by atoms with Gasteiger partial charge in [-0.15, -0.1) is 11.8 Å². The number of amides is 2. The molecule has 0 aliphatic carbocycles. The van der Waals surface area contributed by atoms with Crippen LogP contribution in [0.15, 0.2) is 24.3 Å². The number of aryl methyl sites for hydroxylation is 1. The Hall–Kier alpha value is -1.49. The second kappa shape index (κ2) is 10.3. The molecule has 0 aliphatic rings. The predicted molar refractivity (Wildman–Crippen MR) is 98.8 cm³/mol. The molecule has 1 unspecified atom stereocenters. The standard InChI is InChI=1S/C18H28N2O2S/c1-13(2)6-5-11-19-18(22)15(4)23-12-17(21)20-16-9-7-14(3)8-10-16/h7-10,13,15H,5-6,11-12H2,1-4H3,(H,19,22)(H,20,21). The maximum atomic E-state index is 11.9. The van der Waals surface area contributed by atoms with E-state index in [-0.39, 0.29) is 22.8 Å². The van der Waals surface area contributed by atoms with Gasteiger partial charge in [-0.2, -0.15) is 0 Å². The number of thioether (sulfide) groups is 1. The lowest BCUT2D eigenvalue weighted by atomic mass is 10.1. The van der Waals surface area contributed by atoms with E-state index in [2.05, 4.69) is 24.5 Å². The third-order valence-electron chi connectivity index (χ3n) is 3.43. The van der Waals surface area contributed by atoms with Crippen molar-refractivity contribution in [2.45, 2.75) is 45.8 Å². The molecule has 0 fully saturated rings. The molecule has 0 aliphatic heterocycles. The SMILES string of the molecule is Cc1ccc(NC(=O)CSC(C)C(=O)NCCCC(C)C)cc1. The molecule has 23 heavy (non-hydrogen) atoms. The molecule has 5 heteroatoms. The average molecular weight is 337 g/mol. The summed E-state index contributed by atoms with van der Waals surface area (Å²) >= 11 is 1.36. The normalized spacial score (nSPS) is 12.0. The van der Waals surface area contributed by atoms with E-state index >= 15 is 0 Å². The first-order valence-corrected chi connectivity index (χ1v) is 9.19. The molecule has 0 spiro atoms. The molecule has 4 nitrogen and oxygen atoms in total. The van der Waals surface area contributed by atoms with Crippen molar-refractivity contribution in [2.75, 3.05) is 17.6 Å². The quantitative estimate of drug-likeness (QED) is 0.677. The molecule has 0 radical (unpaired) electrons. The lowest BCUT2D eigenvalue weighted by Crippen LogP contribution is -2.32. The van der Waals surface area contributed by atoms with Crippen molar-refractivity contribution in [3.05, 3.63) is 29.8 Å². The third-order valence-corrected chi connectivity index (χ3v) is 4.57. The van der Waals surface area contributed by atoms with E-state index in [4.69, 9.17) is 0 Å². The summed E-state index contributed by atoms with van der Waals surface area (Å²) in [6.07, 6.45) is 2.11. The van der Waals surface area contributed by atoms with Crippen LogP contribution in [-0.4, -0.2) is 29.4 Å². The zero-order valence-electron chi connectivity index (χ0n) is 14.5. The molecule has 1 aromatic rings. The van der Waals surface area contributed by atoms with Crippen LogP contribution in [0.3, 0.4) is 0 Å². The van der Waals surface area contributed by atoms with Gasteiger partial charge in [0.15, 0.2) is 0 Å². The van der Waals surface area contributed by atoms with Crippen LogP contribution in [0.4, 0.5) is 5.69 Å². The van der Waals surface area contributed by atoms with Gasteiger partial charge in [0.25, 0.3) is 0 Å². The molecule has 2 N–H and O–H groups in total. The number of rotatable bonds is 9. The number of anilines is 1. The van der Waals surface area contributed by atoms with Gasteiger partial charge >= 0.3 is 0 Å². The van der Waals surface area contributed by atoms with Gasteiger partial charge in [-0.3, -0.25) is 9.59 Å². The Morgan fingerprint density at radius 3 is 2.39 bits per heavy atom. The fourth-order valence-corrected chi connectivity index (χ4v) is 2.68. The van der Waals surface area contributed by atoms with E-state index in [1.165, 1.54) is 11.8 Å². The van der Waals surface area contributed by atoms with Gasteiger partial charge in [-0.1, -0.05) is 31.5 Å². The largest absolute Gasteiger partial charge is 0.355 e. The Labute approximate surface area is 143 Å². The molecule has 0 saturated carbocycles. The monoisotopic (exact) mass is 336 g/mol. The van der Waals surface area contributed by atoms with Crippen molar-refractivity contribution in [1.29, 1.82) is 0 Å². The van der Waals surface area contributed by atoms with Gasteiger partial charge in [0.2, 0.25) is 11.8 Å². The highest BCUT2D eigenvalue weighted by Gasteiger charge is 2.14. The molecule has 1 aromatic carbocycles. The smallest absolute Gasteiger partial charge is 0.234 e. The molecular weight excluding hydrogens is 308 g/mol. The third kappa shape index (κ3) is 8.65. The Kier molecular flexibility index (Phi) is 8.77. The average Bonchev–Trinajstić information content (AvgIpc) is 2.51. The van der Waals surface area contributed by atoms with Gasteiger partial charge in [-0.05, 0) is 44.7 Å². The maximum Gasteiger partial charge on any atom is 0.234 e. The summed E-state index contributed by atoms with van der Waals surface area (Å²) in [4.78, 5) is 23.8. The van der Waals surface area contributed by atoms with Crippen LogP contribution in [0.5, 0.6) is 0 Å². The highest BCUT2D eigenvalue weighted by molar-refractivity contribution is 8.01. The first-order chi connectivity index (χ1) is 10.9. The first-order valence-electron chi connectivity index (χ1n) is 8.14. The number of hydrogen-bond acceptors (Lipinski definition) is 3. The van der Waals surface area contributed by atoms with Crippen LogP contribution >= 0.6 is 11.8 Å². The van der Waals surface area contributed by atoms with Crippen LogP contribution < -0.4 is 10.6 Å². The van der Waals surface area contributed by atoms with E-state index in [0.29, 0.717) is 12.5 Å². The van der Waals surface area contributed by atoms with Gasteiger partial charge in [-0.25, -0.2) is 0 Å². The minimum Gasteiger partial charge on any atom is -0.355 e. The van der Waals surface area contributed by atoms with Crippen molar-refractivity contribution >= 4 is 29.3 Å². The van der Waals surface area contributed by atoms with Crippen molar-refractivity contribution in [1.82, 2.24) is 5.32 Å². The van der Waals surface area contributed by atoms with Gasteiger partial charge in [0, 0.05) is 12.2 Å². The van der Waals surface area contributed by atoms with Crippen molar-refractivity contribution in [3.63, 3.8) is 0 Å². The first kappa shape index (κ1) is 19.6. The van der Waals surface area contributed by atoms with Crippen molar-refractivity contribution < 1.29 is 9.59 Å². The van der Waals surface area contributed by atoms with Crippen molar-refractivity contribution in [3.8, 4) is 0 Å². The number of carbonyl (C=O) groups is 2. The second-order valence-electron chi connectivity index (χ2n) is 6.19. The molecule has 2 amide bonds. The number of carbonyl (C=O) groups excluding carboxylic acids is 2. The zero-order valence-corrected chi connectivity index (χ0v) is 15.3. The molecule has 1 rings (SSSR count). The van der Waals surface area contributed by atoms with Crippen LogP contribution in [-0.2, 0) is 9.59 Å². The fraction of sp³-hybridized carbons (Fsp3) is 0.556. The predicted octanol–water partition coefficient (Wildman–Crippen LogP) is 3.61. The molecule has 0 saturated heterocycles. The number of hydrogen-bond donors (Lipinski definition) is 2. The topological polar surface area (TPSA) is 58.2 Å². The minimum atomic E-state index is -0.224. The van der Waals surface area contributed by atoms with Gasteiger partial charge in [0.05, 0.1) is 11.0 Å². The Balaban J connectivity index is 2.23. The van der Waals surface area contributed by atoms with Crippen LogP contribution in [0, 0.1) is 12.8 Å². The molecule has 0 aromatic heterocycles. The van der Waals surface area contributed by atoms with E-state index in [9.17, 15) is 9.59 Å². The van der Waals surface area contributed by atoms with Crippen LogP contribution in [0.25, 0.3) is 0 Å². The summed E-state index contributed by atoms with van der Waals surface area (Å²) in [5, 5.41) is 5.54. The summed E-state index contributed by atoms with van der Waals surface area (Å²) in [7, 11) is 0. The Bertz CT molecular complexity index is 500. The zero-order chi connectivity index (χ0) is 17.2. The summed E-state index contributed by atoms with van der Waals surface area (Å²) in [5.41, 5.74) is 1.94. The summed E-state index contributed by atoms with van der Waals surface area (Å²) in [6, 6.07) is 7.66. The van der Waals surface area contributed by atoms with Gasteiger partial charge < -0.3 is 10.6 Å². The molecule has 0 heterocycles. The molecule has 128 valence electrons. The molecule has 1 atom stereocenters. The highest BCUT2D eigenvalue weighted by atomic mass is 32.2. The maximum absolute atomic E-state index is 11.9. The summed E-state index contributed by atoms with van der Waals surface area (Å²) in [5.74, 6) is 0.846. The van der Waals surface area contributed by atoms with Crippen molar-refractivity contribution in [2.24, 2.45) is 5.92 Å². The lowest BCUT2D eigenvalue weighted by Gasteiger charge is -2.12. The van der Waals surface area contributed by atoms with Crippen LogP contribution in [0.2, 0.25) is 0 Å². The van der Waals surface area contributed by atoms with E-state index in [1.54, 1.807) is 0 Å². The minimum absolute atomic E-state index is 0.00175. The van der Waals surface area contributed by atoms with Crippen LogP contribution in [0.1, 0.15) is 39.2 Å². The lowest BCUT2D eigenvalue weighted by molar-refractivity contribution is -0.120. The second-order valence-corrected chi connectivity index (χ2v) is 7.52. The molecular formula is C18H28N2O2S. The summed E-state index contributed by atoms with van der Waals surface area (Å²) in [6.45, 7) is 8.89. The Morgan fingerprint density at radius 2 is 1.78 bits per heavy atom. The Morgan fingerprint density at radius 1 is 1.13 bits per heavy atom. The van der Waals surface area contributed by atoms with E-state index in [1.807, 2.05) is 38.1 Å². The summed E-state index contributed by atoms with van der Waals surface area (Å²) < 4.78 is 0. The number of nitrogens with one attached hydrogen (secondary N) is 2.